The number of hydrogen-bond donors (Lipinski definition) is 1. The van der Waals surface area contributed by atoms with Crippen molar-refractivity contribution in [3.05, 3.63) is 63.6 Å². The van der Waals surface area contributed by atoms with Crippen molar-refractivity contribution in [2.45, 2.75) is 59.7 Å². The first kappa shape index (κ1) is 23.9. The highest BCUT2D eigenvalue weighted by molar-refractivity contribution is 9.10. The van der Waals surface area contributed by atoms with Crippen LogP contribution in [0.1, 0.15) is 43.9 Å². The Hall–Kier alpha value is -2.34. The predicted molar refractivity (Wildman–Crippen MR) is 123 cm³/mol. The van der Waals surface area contributed by atoms with Crippen LogP contribution in [-0.4, -0.2) is 35.4 Å². The Kier molecular flexibility index (Phi) is 8.90. The molecule has 0 aliphatic heterocycles. The molecule has 0 aliphatic carbocycles. The zero-order chi connectivity index (χ0) is 22.3. The number of aryl methyl sites for hydroxylation is 1. The van der Waals surface area contributed by atoms with Gasteiger partial charge in [0.05, 0.1) is 0 Å². The molecule has 1 N–H and O–H groups in total. The Morgan fingerprint density at radius 1 is 1.13 bits per heavy atom. The maximum Gasteiger partial charge on any atom is 0.261 e. The van der Waals surface area contributed by atoms with Crippen LogP contribution in [0.4, 0.5) is 0 Å². The first-order valence-electron chi connectivity index (χ1n) is 10.3. The average Bonchev–Trinajstić information content (AvgIpc) is 2.72. The summed E-state index contributed by atoms with van der Waals surface area (Å²) in [5.41, 5.74) is 3.05. The van der Waals surface area contributed by atoms with Gasteiger partial charge in [-0.2, -0.15) is 0 Å². The Bertz CT molecular complexity index is 885. The molecule has 2 amide bonds. The van der Waals surface area contributed by atoms with Crippen molar-refractivity contribution in [3.63, 3.8) is 0 Å². The van der Waals surface area contributed by atoms with Crippen molar-refractivity contribution in [2.24, 2.45) is 0 Å². The van der Waals surface area contributed by atoms with Gasteiger partial charge in [-0.3, -0.25) is 9.59 Å². The fraction of sp³-hybridized carbons (Fsp3) is 0.417. The first-order valence-corrected chi connectivity index (χ1v) is 11.1. The molecule has 162 valence electrons. The van der Waals surface area contributed by atoms with Crippen molar-refractivity contribution < 1.29 is 14.3 Å². The number of nitrogens with one attached hydrogen (secondary N) is 1. The topological polar surface area (TPSA) is 58.6 Å². The molecule has 5 nitrogen and oxygen atoms in total. The molecule has 6 heteroatoms. The zero-order valence-electron chi connectivity index (χ0n) is 18.4. The van der Waals surface area contributed by atoms with E-state index in [1.54, 1.807) is 11.8 Å². The lowest BCUT2D eigenvalue weighted by atomic mass is 10.1. The summed E-state index contributed by atoms with van der Waals surface area (Å²) in [6, 6.07) is 12.9. The lowest BCUT2D eigenvalue weighted by Gasteiger charge is -2.29. The molecule has 0 aliphatic rings. The molecule has 0 radical (unpaired) electrons. The molecule has 2 unspecified atom stereocenters. The monoisotopic (exact) mass is 474 g/mol. The fourth-order valence-corrected chi connectivity index (χ4v) is 3.43. The summed E-state index contributed by atoms with van der Waals surface area (Å²) < 4.78 is 6.75. The van der Waals surface area contributed by atoms with Gasteiger partial charge in [0.25, 0.3) is 5.91 Å². The number of hydrogen-bond acceptors (Lipinski definition) is 3. The highest BCUT2D eigenvalue weighted by Gasteiger charge is 2.27. The normalized spacial score (nSPS) is 12.7. The number of carbonyl (C=O) groups is 2. The lowest BCUT2D eigenvalue weighted by molar-refractivity contribution is -0.142. The maximum atomic E-state index is 13.1. The highest BCUT2D eigenvalue weighted by Crippen LogP contribution is 2.21. The maximum absolute atomic E-state index is 13.1. The van der Waals surface area contributed by atoms with Gasteiger partial charge >= 0.3 is 0 Å². The van der Waals surface area contributed by atoms with Gasteiger partial charge in [0.1, 0.15) is 11.8 Å². The van der Waals surface area contributed by atoms with Gasteiger partial charge in [-0.25, -0.2) is 0 Å². The molecule has 2 aromatic carbocycles. The van der Waals surface area contributed by atoms with Gasteiger partial charge in [0, 0.05) is 17.1 Å². The molecule has 0 fully saturated rings. The predicted octanol–water partition coefficient (Wildman–Crippen LogP) is 4.78. The van der Waals surface area contributed by atoms with Crippen molar-refractivity contribution in [1.29, 1.82) is 0 Å². The van der Waals surface area contributed by atoms with Crippen LogP contribution >= 0.6 is 15.9 Å². The van der Waals surface area contributed by atoms with Crippen molar-refractivity contribution in [3.8, 4) is 5.75 Å². The van der Waals surface area contributed by atoms with E-state index < -0.39 is 6.04 Å². The van der Waals surface area contributed by atoms with E-state index in [2.05, 4.69) is 21.2 Å². The molecule has 2 atom stereocenters. The van der Waals surface area contributed by atoms with Gasteiger partial charge in [-0.1, -0.05) is 47.1 Å². The summed E-state index contributed by atoms with van der Waals surface area (Å²) in [5.74, 6) is 0.282. The van der Waals surface area contributed by atoms with Crippen LogP contribution < -0.4 is 10.1 Å². The van der Waals surface area contributed by atoms with Crippen LogP contribution in [-0.2, 0) is 16.1 Å². The standard InChI is InChI=1S/C24H31BrN2O3/c1-6-17(3)26-24(29)19(5)27(14-20-10-8-11-21(25)13-20)23(28)15-30-22-12-7-9-16(2)18(22)4/h7-13,17,19H,6,14-15H2,1-5H3,(H,26,29). The molecule has 0 heterocycles. The Balaban J connectivity index is 2.19. The quantitative estimate of drug-likeness (QED) is 0.568. The van der Waals surface area contributed by atoms with E-state index in [0.717, 1.165) is 27.6 Å². The van der Waals surface area contributed by atoms with Gasteiger partial charge in [0.2, 0.25) is 5.91 Å². The van der Waals surface area contributed by atoms with Crippen molar-refractivity contribution in [2.75, 3.05) is 6.61 Å². The second-order valence-corrected chi connectivity index (χ2v) is 8.55. The van der Waals surface area contributed by atoms with E-state index in [9.17, 15) is 9.59 Å². The number of rotatable bonds is 9. The van der Waals surface area contributed by atoms with E-state index in [4.69, 9.17) is 4.74 Å². The summed E-state index contributed by atoms with van der Waals surface area (Å²) in [4.78, 5) is 27.4. The Morgan fingerprint density at radius 2 is 1.83 bits per heavy atom. The molecular weight excluding hydrogens is 444 g/mol. The minimum absolute atomic E-state index is 0.0500. The number of nitrogens with zero attached hydrogens (tertiary/aromatic N) is 1. The van der Waals surface area contributed by atoms with E-state index in [1.807, 2.05) is 70.2 Å². The van der Waals surface area contributed by atoms with Crippen LogP contribution in [0, 0.1) is 13.8 Å². The molecular formula is C24H31BrN2O3. The summed E-state index contributed by atoms with van der Waals surface area (Å²) in [5, 5.41) is 2.97. The van der Waals surface area contributed by atoms with E-state index in [1.165, 1.54) is 0 Å². The van der Waals surface area contributed by atoms with Gasteiger partial charge < -0.3 is 15.0 Å². The number of ether oxygens (including phenoxy) is 1. The highest BCUT2D eigenvalue weighted by atomic mass is 79.9. The number of carbonyl (C=O) groups excluding carboxylic acids is 2. The largest absolute Gasteiger partial charge is 0.483 e. The molecule has 30 heavy (non-hydrogen) atoms. The fourth-order valence-electron chi connectivity index (χ4n) is 2.98. The van der Waals surface area contributed by atoms with Crippen molar-refractivity contribution in [1.82, 2.24) is 10.2 Å². The summed E-state index contributed by atoms with van der Waals surface area (Å²) >= 11 is 3.47. The van der Waals surface area contributed by atoms with E-state index >= 15 is 0 Å². The van der Waals surface area contributed by atoms with E-state index in [0.29, 0.717) is 12.3 Å². The summed E-state index contributed by atoms with van der Waals surface area (Å²) in [7, 11) is 0. The minimum Gasteiger partial charge on any atom is -0.483 e. The van der Waals surface area contributed by atoms with Crippen LogP contribution in [0.25, 0.3) is 0 Å². The van der Waals surface area contributed by atoms with Gasteiger partial charge in [-0.15, -0.1) is 0 Å². The molecule has 0 saturated heterocycles. The molecule has 2 rings (SSSR count). The van der Waals surface area contributed by atoms with Crippen LogP contribution in [0.5, 0.6) is 5.75 Å². The lowest BCUT2D eigenvalue weighted by Crippen LogP contribution is -2.50. The Morgan fingerprint density at radius 3 is 2.50 bits per heavy atom. The third-order valence-corrected chi connectivity index (χ3v) is 5.81. The molecule has 0 spiro atoms. The van der Waals surface area contributed by atoms with Gasteiger partial charge in [0.15, 0.2) is 6.61 Å². The SMILES string of the molecule is CCC(C)NC(=O)C(C)N(Cc1cccc(Br)c1)C(=O)COc1cccc(C)c1C. The number of halogens is 1. The zero-order valence-corrected chi connectivity index (χ0v) is 20.0. The minimum atomic E-state index is -0.618. The third-order valence-electron chi connectivity index (χ3n) is 5.32. The van der Waals surface area contributed by atoms with Crippen LogP contribution in [0.3, 0.4) is 0 Å². The number of benzene rings is 2. The Labute approximate surface area is 187 Å². The smallest absolute Gasteiger partial charge is 0.261 e. The molecule has 2 aromatic rings. The second-order valence-electron chi connectivity index (χ2n) is 7.63. The summed E-state index contributed by atoms with van der Waals surface area (Å²) in [6.07, 6.45) is 0.827. The molecule has 0 aromatic heterocycles. The average molecular weight is 475 g/mol. The number of amides is 2. The van der Waals surface area contributed by atoms with Crippen LogP contribution in [0.15, 0.2) is 46.9 Å². The van der Waals surface area contributed by atoms with Crippen molar-refractivity contribution >= 4 is 27.7 Å². The first-order chi connectivity index (χ1) is 14.2. The van der Waals surface area contributed by atoms with Crippen LogP contribution in [0.2, 0.25) is 0 Å². The second kappa shape index (κ2) is 11.2. The van der Waals surface area contributed by atoms with Gasteiger partial charge in [-0.05, 0) is 69.0 Å². The summed E-state index contributed by atoms with van der Waals surface area (Å²) in [6.45, 7) is 9.89. The molecule has 0 bridgehead atoms. The van der Waals surface area contributed by atoms with E-state index in [-0.39, 0.29) is 24.5 Å². The third kappa shape index (κ3) is 6.59. The molecule has 0 saturated carbocycles.